The molecule has 2 heteroatoms. The summed E-state index contributed by atoms with van der Waals surface area (Å²) < 4.78 is 0. The van der Waals surface area contributed by atoms with Crippen molar-refractivity contribution >= 4 is 55.7 Å². The lowest BCUT2D eigenvalue weighted by atomic mass is 9.97. The molecule has 0 N–H and O–H groups in total. The summed E-state index contributed by atoms with van der Waals surface area (Å²) in [7, 11) is 0. The van der Waals surface area contributed by atoms with Gasteiger partial charge in [0, 0.05) is 34.1 Å². The fraction of sp³-hybridized carbons (Fsp3) is 0. The van der Waals surface area contributed by atoms with Gasteiger partial charge in [0.2, 0.25) is 0 Å². The van der Waals surface area contributed by atoms with Crippen molar-refractivity contribution in [2.24, 2.45) is 0 Å². The first kappa shape index (κ1) is 49.5. The molecule has 0 saturated heterocycles. The average Bonchev–Trinajstić information content (AvgIpc) is 3.67. The van der Waals surface area contributed by atoms with Gasteiger partial charge in [-0.3, -0.25) is 0 Å². The number of hydrogen-bond acceptors (Lipinski definition) is 2. The number of benzene rings is 14. The Hall–Kier alpha value is -10.8. The fourth-order valence-electron chi connectivity index (χ4n) is 11.7. The van der Waals surface area contributed by atoms with E-state index < -0.39 is 0 Å². The Labute approximate surface area is 480 Å². The third kappa shape index (κ3) is 10.0. The van der Waals surface area contributed by atoms with Gasteiger partial charge in [0.1, 0.15) is 0 Å². The van der Waals surface area contributed by atoms with Crippen molar-refractivity contribution in [2.75, 3.05) is 9.80 Å². The monoisotopic (exact) mass is 1040 g/mol. The molecule has 14 aromatic rings. The van der Waals surface area contributed by atoms with Gasteiger partial charge in [-0.25, -0.2) is 0 Å². The van der Waals surface area contributed by atoms with Crippen molar-refractivity contribution < 1.29 is 0 Å². The van der Waals surface area contributed by atoms with Gasteiger partial charge in [0.25, 0.3) is 0 Å². The topological polar surface area (TPSA) is 6.48 Å². The Morgan fingerprint density at radius 3 is 0.683 bits per heavy atom. The lowest BCUT2D eigenvalue weighted by molar-refractivity contribution is 1.28. The summed E-state index contributed by atoms with van der Waals surface area (Å²) in [5.74, 6) is 0. The molecule has 0 radical (unpaired) electrons. The Morgan fingerprint density at radius 2 is 0.366 bits per heavy atom. The van der Waals surface area contributed by atoms with Crippen LogP contribution in [0.2, 0.25) is 0 Å². The number of nitrogens with zero attached hydrogens (tertiary/aromatic N) is 2. The minimum Gasteiger partial charge on any atom is -0.311 e. The lowest BCUT2D eigenvalue weighted by Crippen LogP contribution is -2.10. The van der Waals surface area contributed by atoms with Gasteiger partial charge >= 0.3 is 0 Å². The Morgan fingerprint density at radius 1 is 0.146 bits per heavy atom. The van der Waals surface area contributed by atoms with E-state index in [2.05, 4.69) is 350 Å². The van der Waals surface area contributed by atoms with Crippen LogP contribution in [-0.4, -0.2) is 0 Å². The molecule has 0 aliphatic heterocycles. The normalized spacial score (nSPS) is 11.2. The van der Waals surface area contributed by atoms with Crippen molar-refractivity contribution in [2.45, 2.75) is 0 Å². The molecular weight excluding hydrogens is 989 g/mol. The average molecular weight is 1050 g/mol. The summed E-state index contributed by atoms with van der Waals surface area (Å²) in [6.45, 7) is 0. The summed E-state index contributed by atoms with van der Waals surface area (Å²) in [6.07, 6.45) is 0. The molecule has 0 heterocycles. The van der Waals surface area contributed by atoms with Crippen molar-refractivity contribution in [3.05, 3.63) is 340 Å². The second-order valence-corrected chi connectivity index (χ2v) is 20.9. The zero-order chi connectivity index (χ0) is 54.6. The highest BCUT2D eigenvalue weighted by Gasteiger charge is 2.18. The van der Waals surface area contributed by atoms with E-state index in [9.17, 15) is 0 Å². The Balaban J connectivity index is 0.788. The van der Waals surface area contributed by atoms with Gasteiger partial charge in [-0.1, -0.05) is 255 Å². The second-order valence-electron chi connectivity index (χ2n) is 20.9. The van der Waals surface area contributed by atoms with Gasteiger partial charge in [-0.2, -0.15) is 0 Å². The van der Waals surface area contributed by atoms with Crippen LogP contribution in [0.4, 0.5) is 34.1 Å². The van der Waals surface area contributed by atoms with Crippen molar-refractivity contribution in [1.82, 2.24) is 0 Å². The molecule has 82 heavy (non-hydrogen) atoms. The summed E-state index contributed by atoms with van der Waals surface area (Å²) in [4.78, 5) is 4.72. The Bertz CT molecular complexity index is 4190. The summed E-state index contributed by atoms with van der Waals surface area (Å²) in [5, 5.41) is 4.98. The molecule has 0 aliphatic carbocycles. The molecule has 14 aromatic carbocycles. The summed E-state index contributed by atoms with van der Waals surface area (Å²) in [5.41, 5.74) is 23.1. The number of rotatable bonds is 13. The Kier molecular flexibility index (Phi) is 13.4. The molecule has 0 atom stereocenters. The molecule has 14 rings (SSSR count). The van der Waals surface area contributed by atoms with E-state index in [0.29, 0.717) is 0 Å². The van der Waals surface area contributed by atoms with Gasteiger partial charge in [-0.15, -0.1) is 0 Å². The standard InChI is InChI=1S/C80H56N2/c1-3-15-57(16-4-1)67-23-11-25-69(55-67)61-35-47-73(48-36-61)81(75-51-39-65(40-52-75)79-29-13-21-63-19-7-9-27-77(63)79)71-43-31-59(32-44-71)60-33-45-72(46-34-60)82(76-53-41-66(42-54-76)80-30-14-22-64-20-8-10-28-78(64)80)74-49-37-62(38-50-74)70-26-12-24-68(56-70)58-17-5-2-6-18-58/h1-56H. The van der Waals surface area contributed by atoms with Crippen molar-refractivity contribution in [3.63, 3.8) is 0 Å². The predicted molar refractivity (Wildman–Crippen MR) is 349 cm³/mol. The molecule has 0 amide bonds. The van der Waals surface area contributed by atoms with Gasteiger partial charge in [0.15, 0.2) is 0 Å². The summed E-state index contributed by atoms with van der Waals surface area (Å²) >= 11 is 0. The van der Waals surface area contributed by atoms with Crippen LogP contribution in [0.5, 0.6) is 0 Å². The van der Waals surface area contributed by atoms with Crippen LogP contribution in [0.1, 0.15) is 0 Å². The maximum atomic E-state index is 2.36. The molecule has 0 unspecified atom stereocenters. The van der Waals surface area contributed by atoms with Gasteiger partial charge < -0.3 is 9.80 Å². The van der Waals surface area contributed by atoms with E-state index in [1.807, 2.05) is 0 Å². The molecule has 0 fully saturated rings. The minimum absolute atomic E-state index is 1.07. The number of anilines is 6. The van der Waals surface area contributed by atoms with Gasteiger partial charge in [-0.05, 0) is 184 Å². The van der Waals surface area contributed by atoms with E-state index >= 15 is 0 Å². The smallest absolute Gasteiger partial charge is 0.0462 e. The minimum atomic E-state index is 1.07. The number of fused-ring (bicyclic) bond motifs is 2. The van der Waals surface area contributed by atoms with Crippen molar-refractivity contribution in [3.8, 4) is 77.9 Å². The van der Waals surface area contributed by atoms with E-state index in [1.165, 1.54) is 88.3 Å². The SMILES string of the molecule is c1ccc(-c2cccc(-c3ccc(N(c4ccc(-c5ccc(N(c6ccc(-c7cccc(-c8ccccc8)c7)cc6)c6ccc(-c7cccc8ccccc78)cc6)cc5)cc4)c4ccc(-c5cccc6ccccc56)cc4)cc3)c2)cc1. The number of hydrogen-bond donors (Lipinski definition) is 0. The molecule has 386 valence electrons. The molecule has 0 bridgehead atoms. The van der Waals surface area contributed by atoms with Crippen molar-refractivity contribution in [1.29, 1.82) is 0 Å². The highest BCUT2D eigenvalue weighted by Crippen LogP contribution is 2.42. The van der Waals surface area contributed by atoms with E-state index in [4.69, 9.17) is 0 Å². The third-order valence-corrected chi connectivity index (χ3v) is 15.9. The van der Waals surface area contributed by atoms with Crippen LogP contribution >= 0.6 is 0 Å². The molecule has 0 spiro atoms. The zero-order valence-electron chi connectivity index (χ0n) is 45.2. The van der Waals surface area contributed by atoms with Crippen LogP contribution in [0.15, 0.2) is 340 Å². The van der Waals surface area contributed by atoms with Crippen LogP contribution in [0.3, 0.4) is 0 Å². The van der Waals surface area contributed by atoms with Crippen LogP contribution in [0, 0.1) is 0 Å². The largest absolute Gasteiger partial charge is 0.311 e. The zero-order valence-corrected chi connectivity index (χ0v) is 45.2. The van der Waals surface area contributed by atoms with Crippen LogP contribution in [0.25, 0.3) is 99.4 Å². The first-order valence-corrected chi connectivity index (χ1v) is 28.1. The molecule has 2 nitrogen and oxygen atoms in total. The third-order valence-electron chi connectivity index (χ3n) is 15.9. The van der Waals surface area contributed by atoms with Gasteiger partial charge in [0.05, 0.1) is 0 Å². The highest BCUT2D eigenvalue weighted by atomic mass is 15.1. The lowest BCUT2D eigenvalue weighted by Gasteiger charge is -2.27. The predicted octanol–water partition coefficient (Wildman–Crippen LogP) is 22.6. The second kappa shape index (κ2) is 22.1. The van der Waals surface area contributed by atoms with E-state index in [0.717, 1.165) is 45.3 Å². The van der Waals surface area contributed by atoms with Crippen LogP contribution < -0.4 is 9.80 Å². The maximum Gasteiger partial charge on any atom is 0.0462 e. The summed E-state index contributed by atoms with van der Waals surface area (Å²) in [6, 6.07) is 123. The molecule has 0 aliphatic rings. The quantitative estimate of drug-likeness (QED) is 0.114. The fourth-order valence-corrected chi connectivity index (χ4v) is 11.7. The molecule has 0 saturated carbocycles. The first-order valence-electron chi connectivity index (χ1n) is 28.1. The van der Waals surface area contributed by atoms with E-state index in [-0.39, 0.29) is 0 Å². The molecule has 0 aromatic heterocycles. The highest BCUT2D eigenvalue weighted by molar-refractivity contribution is 5.98. The first-order chi connectivity index (χ1) is 40.6. The maximum absolute atomic E-state index is 2.36. The molecular formula is C80H56N2. The van der Waals surface area contributed by atoms with E-state index in [1.54, 1.807) is 0 Å². The van der Waals surface area contributed by atoms with Crippen LogP contribution in [-0.2, 0) is 0 Å².